The molecule has 21 heavy (non-hydrogen) atoms. The molecule has 0 amide bonds. The fourth-order valence-electron chi connectivity index (χ4n) is 2.52. The normalized spacial score (nSPS) is 20.6. The predicted octanol–water partition coefficient (Wildman–Crippen LogP) is 3.19. The van der Waals surface area contributed by atoms with Crippen molar-refractivity contribution < 1.29 is 9.90 Å². The summed E-state index contributed by atoms with van der Waals surface area (Å²) in [6, 6.07) is 8.22. The van der Waals surface area contributed by atoms with Crippen LogP contribution in [0.1, 0.15) is 34.8 Å². The van der Waals surface area contributed by atoms with Crippen LogP contribution in [0, 0.1) is 0 Å². The van der Waals surface area contributed by atoms with Gasteiger partial charge in [-0.2, -0.15) is 0 Å². The first kappa shape index (κ1) is 13.8. The number of nitrogens with zero attached hydrogens (tertiary/aromatic N) is 2. The third kappa shape index (κ3) is 2.97. The van der Waals surface area contributed by atoms with Crippen molar-refractivity contribution in [2.24, 2.45) is 0 Å². The van der Waals surface area contributed by atoms with Crippen LogP contribution < -0.4 is 5.32 Å². The smallest absolute Gasteiger partial charge is 0.356 e. The van der Waals surface area contributed by atoms with Crippen molar-refractivity contribution in [1.82, 2.24) is 9.97 Å². The highest BCUT2D eigenvalue weighted by Crippen LogP contribution is 2.40. The fraction of sp³-hybridized carbons (Fsp3) is 0.267. The zero-order valence-corrected chi connectivity index (χ0v) is 11.9. The summed E-state index contributed by atoms with van der Waals surface area (Å²) in [5, 5.41) is 12.8. The minimum atomic E-state index is -1.07. The lowest BCUT2D eigenvalue weighted by atomic mass is 9.76. The first-order chi connectivity index (χ1) is 10.1. The van der Waals surface area contributed by atoms with E-state index in [4.69, 9.17) is 16.7 Å². The number of carboxylic acid groups (broad SMARTS) is 1. The number of rotatable bonds is 4. The molecular formula is C15H14ClN3O2. The van der Waals surface area contributed by atoms with Crippen LogP contribution in [0.25, 0.3) is 0 Å². The van der Waals surface area contributed by atoms with E-state index in [1.54, 1.807) is 0 Å². The molecule has 1 saturated carbocycles. The zero-order chi connectivity index (χ0) is 14.8. The molecule has 3 rings (SSSR count). The van der Waals surface area contributed by atoms with Crippen molar-refractivity contribution in [3.8, 4) is 0 Å². The maximum Gasteiger partial charge on any atom is 0.356 e. The van der Waals surface area contributed by atoms with E-state index in [0.717, 1.165) is 17.9 Å². The Kier molecular flexibility index (Phi) is 3.75. The van der Waals surface area contributed by atoms with E-state index < -0.39 is 5.97 Å². The second kappa shape index (κ2) is 5.69. The second-order valence-corrected chi connectivity index (χ2v) is 5.53. The van der Waals surface area contributed by atoms with Gasteiger partial charge in [-0.15, -0.1) is 0 Å². The lowest BCUT2D eigenvalue weighted by molar-refractivity contribution is 0.0690. The van der Waals surface area contributed by atoms with Gasteiger partial charge in [0.1, 0.15) is 5.82 Å². The third-order valence-electron chi connectivity index (χ3n) is 3.71. The first-order valence-corrected chi connectivity index (χ1v) is 7.07. The molecule has 1 aromatic carbocycles. The van der Waals surface area contributed by atoms with E-state index in [-0.39, 0.29) is 5.69 Å². The molecule has 0 spiro atoms. The predicted molar refractivity (Wildman–Crippen MR) is 79.8 cm³/mol. The highest BCUT2D eigenvalue weighted by molar-refractivity contribution is 6.31. The molecule has 1 heterocycles. The standard InChI is InChI=1S/C15H14ClN3O2/c16-12-4-2-1-3-11(12)9-5-10(6-9)19-14-8-17-13(7-18-14)15(20)21/h1-4,7-10H,5-6H2,(H,18,19)(H,20,21). The Balaban J connectivity index is 1.57. The van der Waals surface area contributed by atoms with Crippen molar-refractivity contribution in [2.45, 2.75) is 24.8 Å². The van der Waals surface area contributed by atoms with Gasteiger partial charge < -0.3 is 10.4 Å². The molecule has 2 aromatic rings. The van der Waals surface area contributed by atoms with E-state index >= 15 is 0 Å². The number of nitrogens with one attached hydrogen (secondary N) is 1. The highest BCUT2D eigenvalue weighted by atomic mass is 35.5. The molecule has 108 valence electrons. The molecule has 1 fully saturated rings. The molecule has 0 saturated heterocycles. The number of carboxylic acids is 1. The van der Waals surface area contributed by atoms with E-state index in [2.05, 4.69) is 21.4 Å². The molecule has 0 radical (unpaired) electrons. The van der Waals surface area contributed by atoms with Gasteiger partial charge in [0.2, 0.25) is 0 Å². The number of anilines is 1. The van der Waals surface area contributed by atoms with E-state index in [1.807, 2.05) is 18.2 Å². The zero-order valence-electron chi connectivity index (χ0n) is 11.2. The average molecular weight is 304 g/mol. The van der Waals surface area contributed by atoms with Crippen molar-refractivity contribution in [1.29, 1.82) is 0 Å². The minimum absolute atomic E-state index is 0.0527. The Labute approximate surface area is 127 Å². The average Bonchev–Trinajstić information content (AvgIpc) is 2.44. The number of benzene rings is 1. The quantitative estimate of drug-likeness (QED) is 0.907. The summed E-state index contributed by atoms with van der Waals surface area (Å²) < 4.78 is 0. The fourth-order valence-corrected chi connectivity index (χ4v) is 2.81. The van der Waals surface area contributed by atoms with Gasteiger partial charge in [-0.1, -0.05) is 29.8 Å². The number of hydrogen-bond donors (Lipinski definition) is 2. The van der Waals surface area contributed by atoms with Crippen LogP contribution in [0.5, 0.6) is 0 Å². The Morgan fingerprint density at radius 2 is 2.00 bits per heavy atom. The molecule has 1 aliphatic rings. The molecule has 0 aliphatic heterocycles. The van der Waals surface area contributed by atoms with Crippen LogP contribution in [0.2, 0.25) is 5.02 Å². The summed E-state index contributed by atoms with van der Waals surface area (Å²) in [6.07, 6.45) is 4.67. The second-order valence-electron chi connectivity index (χ2n) is 5.12. The molecular weight excluding hydrogens is 290 g/mol. The van der Waals surface area contributed by atoms with Gasteiger partial charge in [0, 0.05) is 11.1 Å². The summed E-state index contributed by atoms with van der Waals surface area (Å²) in [7, 11) is 0. The molecule has 1 aliphatic carbocycles. The molecule has 0 unspecified atom stereocenters. The summed E-state index contributed by atoms with van der Waals surface area (Å²) in [6.45, 7) is 0. The van der Waals surface area contributed by atoms with E-state index in [1.165, 1.54) is 18.0 Å². The summed E-state index contributed by atoms with van der Waals surface area (Å²) in [4.78, 5) is 18.6. The molecule has 6 heteroatoms. The number of hydrogen-bond acceptors (Lipinski definition) is 4. The van der Waals surface area contributed by atoms with Crippen LogP contribution in [-0.2, 0) is 0 Å². The third-order valence-corrected chi connectivity index (χ3v) is 4.05. The van der Waals surface area contributed by atoms with Gasteiger partial charge >= 0.3 is 5.97 Å². The SMILES string of the molecule is O=C(O)c1cnc(NC2CC(c3ccccc3Cl)C2)cn1. The van der Waals surface area contributed by atoms with Gasteiger partial charge in [0.05, 0.1) is 12.4 Å². The van der Waals surface area contributed by atoms with Crippen LogP contribution in [-0.4, -0.2) is 27.1 Å². The van der Waals surface area contributed by atoms with Crippen molar-refractivity contribution in [3.05, 3.63) is 52.9 Å². The van der Waals surface area contributed by atoms with Crippen LogP contribution in [0.4, 0.5) is 5.82 Å². The monoisotopic (exact) mass is 303 g/mol. The molecule has 1 aromatic heterocycles. The Morgan fingerprint density at radius 3 is 2.62 bits per heavy atom. The first-order valence-electron chi connectivity index (χ1n) is 6.70. The van der Waals surface area contributed by atoms with Crippen molar-refractivity contribution in [3.63, 3.8) is 0 Å². The number of aromatic carboxylic acids is 1. The number of aromatic nitrogens is 2. The number of carbonyl (C=O) groups is 1. The molecule has 0 atom stereocenters. The van der Waals surface area contributed by atoms with Crippen LogP contribution in [0.3, 0.4) is 0 Å². The van der Waals surface area contributed by atoms with Gasteiger partial charge in [-0.3, -0.25) is 0 Å². The Hall–Kier alpha value is -2.14. The Bertz CT molecular complexity index is 654. The summed E-state index contributed by atoms with van der Waals surface area (Å²) in [5.41, 5.74) is 1.13. The largest absolute Gasteiger partial charge is 0.476 e. The lowest BCUT2D eigenvalue weighted by Crippen LogP contribution is -2.34. The van der Waals surface area contributed by atoms with Gasteiger partial charge in [0.25, 0.3) is 0 Å². The topological polar surface area (TPSA) is 75.1 Å². The van der Waals surface area contributed by atoms with Gasteiger partial charge in [0.15, 0.2) is 5.69 Å². The lowest BCUT2D eigenvalue weighted by Gasteiger charge is -2.36. The van der Waals surface area contributed by atoms with Crippen LogP contribution in [0.15, 0.2) is 36.7 Å². The Morgan fingerprint density at radius 1 is 1.24 bits per heavy atom. The van der Waals surface area contributed by atoms with Crippen molar-refractivity contribution in [2.75, 3.05) is 5.32 Å². The summed E-state index contributed by atoms with van der Waals surface area (Å²) >= 11 is 6.19. The molecule has 5 nitrogen and oxygen atoms in total. The maximum atomic E-state index is 10.7. The summed E-state index contributed by atoms with van der Waals surface area (Å²) in [5.74, 6) is -0.0125. The van der Waals surface area contributed by atoms with Crippen molar-refractivity contribution >= 4 is 23.4 Å². The highest BCUT2D eigenvalue weighted by Gasteiger charge is 2.31. The van der Waals surface area contributed by atoms with Gasteiger partial charge in [-0.05, 0) is 30.4 Å². The van der Waals surface area contributed by atoms with Crippen LogP contribution >= 0.6 is 11.6 Å². The van der Waals surface area contributed by atoms with E-state index in [0.29, 0.717) is 17.8 Å². The maximum absolute atomic E-state index is 10.7. The molecule has 2 N–H and O–H groups in total. The number of halogens is 1. The molecule has 0 bridgehead atoms. The van der Waals surface area contributed by atoms with E-state index in [9.17, 15) is 4.79 Å². The minimum Gasteiger partial charge on any atom is -0.476 e. The van der Waals surface area contributed by atoms with Gasteiger partial charge in [-0.25, -0.2) is 14.8 Å².